The molecule has 2 aromatic rings. The lowest BCUT2D eigenvalue weighted by molar-refractivity contribution is -0.120. The maximum Gasteiger partial charge on any atom is 0.228 e. The van der Waals surface area contributed by atoms with Crippen molar-refractivity contribution >= 4 is 17.7 Å². The molecule has 1 heterocycles. The first-order chi connectivity index (χ1) is 10.3. The number of amides is 1. The van der Waals surface area contributed by atoms with E-state index in [4.69, 9.17) is 4.52 Å². The first-order valence-electron chi connectivity index (χ1n) is 6.89. The smallest absolute Gasteiger partial charge is 0.228 e. The number of carbonyl (C=O) groups is 1. The van der Waals surface area contributed by atoms with Gasteiger partial charge in [-0.3, -0.25) is 4.79 Å². The van der Waals surface area contributed by atoms with Crippen molar-refractivity contribution in [3.05, 3.63) is 47.6 Å². The summed E-state index contributed by atoms with van der Waals surface area (Å²) in [6.45, 7) is 0.528. The summed E-state index contributed by atoms with van der Waals surface area (Å²) in [5, 5.41) is 6.80. The first-order valence-corrected chi connectivity index (χ1v) is 8.28. The Morgan fingerprint density at radius 3 is 2.90 bits per heavy atom. The second-order valence-corrected chi connectivity index (χ2v) is 5.60. The van der Waals surface area contributed by atoms with Crippen LogP contribution < -0.4 is 5.32 Å². The third-order valence-corrected chi connectivity index (χ3v) is 3.52. The SMILES string of the molecule is CSCCC(=O)NCCc1nc(Cc2ccccc2)no1. The van der Waals surface area contributed by atoms with Crippen molar-refractivity contribution in [3.63, 3.8) is 0 Å². The Morgan fingerprint density at radius 2 is 2.14 bits per heavy atom. The molecule has 112 valence electrons. The van der Waals surface area contributed by atoms with Crippen LogP contribution in [0.25, 0.3) is 0 Å². The maximum atomic E-state index is 11.4. The minimum absolute atomic E-state index is 0.0633. The summed E-state index contributed by atoms with van der Waals surface area (Å²) in [5.74, 6) is 2.14. The molecule has 5 nitrogen and oxygen atoms in total. The lowest BCUT2D eigenvalue weighted by atomic mass is 10.1. The van der Waals surface area contributed by atoms with E-state index in [-0.39, 0.29) is 5.91 Å². The highest BCUT2D eigenvalue weighted by molar-refractivity contribution is 7.98. The molecule has 0 saturated heterocycles. The number of nitrogens with one attached hydrogen (secondary N) is 1. The summed E-state index contributed by atoms with van der Waals surface area (Å²) >= 11 is 1.66. The number of hydrogen-bond donors (Lipinski definition) is 1. The Morgan fingerprint density at radius 1 is 1.33 bits per heavy atom. The van der Waals surface area contributed by atoms with Crippen molar-refractivity contribution in [2.24, 2.45) is 0 Å². The van der Waals surface area contributed by atoms with Crippen molar-refractivity contribution in [1.82, 2.24) is 15.5 Å². The second kappa shape index (κ2) is 8.46. The van der Waals surface area contributed by atoms with Crippen LogP contribution in [0.3, 0.4) is 0 Å². The molecule has 1 N–H and O–H groups in total. The Hall–Kier alpha value is -1.82. The Labute approximate surface area is 128 Å². The van der Waals surface area contributed by atoms with Crippen LogP contribution in [0.5, 0.6) is 0 Å². The van der Waals surface area contributed by atoms with Crippen molar-refractivity contribution in [3.8, 4) is 0 Å². The number of benzene rings is 1. The highest BCUT2D eigenvalue weighted by Crippen LogP contribution is 2.06. The number of nitrogens with zero attached hydrogens (tertiary/aromatic N) is 2. The molecule has 0 spiro atoms. The minimum atomic E-state index is 0.0633. The van der Waals surface area contributed by atoms with E-state index in [1.165, 1.54) is 0 Å². The highest BCUT2D eigenvalue weighted by atomic mass is 32.2. The van der Waals surface area contributed by atoms with E-state index in [0.29, 0.717) is 37.5 Å². The van der Waals surface area contributed by atoms with Gasteiger partial charge in [0.05, 0.1) is 0 Å². The van der Waals surface area contributed by atoms with Gasteiger partial charge in [0.2, 0.25) is 11.8 Å². The quantitative estimate of drug-likeness (QED) is 0.808. The van der Waals surface area contributed by atoms with Gasteiger partial charge in [0.15, 0.2) is 5.82 Å². The van der Waals surface area contributed by atoms with Gasteiger partial charge < -0.3 is 9.84 Å². The lowest BCUT2D eigenvalue weighted by Crippen LogP contribution is -2.25. The number of rotatable bonds is 8. The van der Waals surface area contributed by atoms with Crippen molar-refractivity contribution in [2.45, 2.75) is 19.3 Å². The second-order valence-electron chi connectivity index (χ2n) is 4.61. The number of thioether (sulfide) groups is 1. The molecule has 0 saturated carbocycles. The van der Waals surface area contributed by atoms with Gasteiger partial charge in [0, 0.05) is 31.6 Å². The van der Waals surface area contributed by atoms with Crippen LogP contribution in [0.2, 0.25) is 0 Å². The van der Waals surface area contributed by atoms with E-state index in [2.05, 4.69) is 15.5 Å². The largest absolute Gasteiger partial charge is 0.356 e. The monoisotopic (exact) mass is 305 g/mol. The van der Waals surface area contributed by atoms with Crippen LogP contribution in [0.15, 0.2) is 34.9 Å². The van der Waals surface area contributed by atoms with Crippen LogP contribution >= 0.6 is 11.8 Å². The third kappa shape index (κ3) is 5.59. The van der Waals surface area contributed by atoms with E-state index in [1.807, 2.05) is 36.6 Å². The van der Waals surface area contributed by atoms with E-state index < -0.39 is 0 Å². The molecule has 0 bridgehead atoms. The summed E-state index contributed by atoms with van der Waals surface area (Å²) in [7, 11) is 0. The van der Waals surface area contributed by atoms with Gasteiger partial charge >= 0.3 is 0 Å². The summed E-state index contributed by atoms with van der Waals surface area (Å²) in [4.78, 5) is 15.8. The zero-order chi connectivity index (χ0) is 14.9. The molecular formula is C15H19N3O2S. The zero-order valence-electron chi connectivity index (χ0n) is 12.0. The predicted octanol–water partition coefficient (Wildman–Crippen LogP) is 2.07. The Bertz CT molecular complexity index is 557. The summed E-state index contributed by atoms with van der Waals surface area (Å²) in [6, 6.07) is 10.0. The summed E-state index contributed by atoms with van der Waals surface area (Å²) < 4.78 is 5.18. The molecular weight excluding hydrogens is 286 g/mol. The van der Waals surface area contributed by atoms with Crippen LogP contribution in [0.4, 0.5) is 0 Å². The van der Waals surface area contributed by atoms with Gasteiger partial charge in [0.25, 0.3) is 0 Å². The standard InChI is InChI=1S/C15H19N3O2S/c1-21-10-8-14(19)16-9-7-15-17-13(18-20-15)11-12-5-3-2-4-6-12/h2-6H,7-11H2,1H3,(H,16,19). The van der Waals surface area contributed by atoms with E-state index in [9.17, 15) is 4.79 Å². The topological polar surface area (TPSA) is 68.0 Å². The number of carbonyl (C=O) groups excluding carboxylic acids is 1. The molecule has 0 aliphatic carbocycles. The third-order valence-electron chi connectivity index (χ3n) is 2.91. The zero-order valence-corrected chi connectivity index (χ0v) is 12.9. The number of hydrogen-bond acceptors (Lipinski definition) is 5. The average Bonchev–Trinajstić information content (AvgIpc) is 2.93. The van der Waals surface area contributed by atoms with Crippen molar-refractivity contribution in [2.75, 3.05) is 18.6 Å². The number of aromatic nitrogens is 2. The molecule has 0 aliphatic heterocycles. The van der Waals surface area contributed by atoms with Gasteiger partial charge in [0.1, 0.15) is 0 Å². The maximum absolute atomic E-state index is 11.4. The molecule has 0 atom stereocenters. The van der Waals surface area contributed by atoms with Gasteiger partial charge in [-0.2, -0.15) is 16.7 Å². The van der Waals surface area contributed by atoms with Crippen molar-refractivity contribution < 1.29 is 9.32 Å². The Balaban J connectivity index is 1.74. The normalized spacial score (nSPS) is 10.5. The van der Waals surface area contributed by atoms with Gasteiger partial charge in [-0.1, -0.05) is 35.5 Å². The molecule has 1 aromatic heterocycles. The molecule has 2 rings (SSSR count). The van der Waals surface area contributed by atoms with E-state index in [1.54, 1.807) is 11.8 Å². The predicted molar refractivity (Wildman–Crippen MR) is 83.3 cm³/mol. The fourth-order valence-electron chi connectivity index (χ4n) is 1.83. The molecule has 0 fully saturated rings. The fourth-order valence-corrected chi connectivity index (χ4v) is 2.22. The van der Waals surface area contributed by atoms with Gasteiger partial charge in [-0.15, -0.1) is 0 Å². The molecule has 1 aromatic carbocycles. The molecule has 0 radical (unpaired) electrons. The highest BCUT2D eigenvalue weighted by Gasteiger charge is 2.07. The van der Waals surface area contributed by atoms with Crippen molar-refractivity contribution in [1.29, 1.82) is 0 Å². The van der Waals surface area contributed by atoms with Gasteiger partial charge in [-0.25, -0.2) is 0 Å². The minimum Gasteiger partial charge on any atom is -0.356 e. The van der Waals surface area contributed by atoms with Crippen LogP contribution in [0, 0.1) is 0 Å². The lowest BCUT2D eigenvalue weighted by Gasteiger charge is -2.01. The first kappa shape index (κ1) is 15.6. The van der Waals surface area contributed by atoms with E-state index in [0.717, 1.165) is 11.3 Å². The molecule has 1 amide bonds. The molecule has 6 heteroatoms. The van der Waals surface area contributed by atoms with E-state index >= 15 is 0 Å². The Kier molecular flexibility index (Phi) is 6.27. The van der Waals surface area contributed by atoms with Crippen LogP contribution in [-0.4, -0.2) is 34.6 Å². The van der Waals surface area contributed by atoms with Gasteiger partial charge in [-0.05, 0) is 11.8 Å². The molecule has 0 unspecified atom stereocenters. The van der Waals surface area contributed by atoms with Crippen LogP contribution in [-0.2, 0) is 17.6 Å². The fraction of sp³-hybridized carbons (Fsp3) is 0.400. The molecule has 0 aliphatic rings. The van der Waals surface area contributed by atoms with Crippen LogP contribution in [0.1, 0.15) is 23.7 Å². The summed E-state index contributed by atoms with van der Waals surface area (Å²) in [6.07, 6.45) is 3.75. The molecule has 21 heavy (non-hydrogen) atoms. The average molecular weight is 305 g/mol. The summed E-state index contributed by atoms with van der Waals surface area (Å²) in [5.41, 5.74) is 1.15.